The van der Waals surface area contributed by atoms with Crippen LogP contribution in [0.25, 0.3) is 0 Å². The first-order chi connectivity index (χ1) is 4.83. The molecule has 0 unspecified atom stereocenters. The molecule has 1 aromatic rings. The van der Waals surface area contributed by atoms with Gasteiger partial charge in [0.05, 0.1) is 0 Å². The molecule has 0 amide bonds. The molecule has 0 saturated heterocycles. The molecular weight excluding hydrogens is 188 g/mol. The van der Waals surface area contributed by atoms with Gasteiger partial charge in [-0.3, -0.25) is 0 Å². The standard InChI is InChI=1S/C9H10Br/c1-8-2-4-9(5-3-8)6-7-10/h2-5H,1,6-7H2. The number of benzene rings is 1. The highest BCUT2D eigenvalue weighted by atomic mass is 79.9. The van der Waals surface area contributed by atoms with E-state index in [9.17, 15) is 0 Å². The van der Waals surface area contributed by atoms with Crippen LogP contribution in [0.4, 0.5) is 0 Å². The Morgan fingerprint density at radius 1 is 1.20 bits per heavy atom. The summed E-state index contributed by atoms with van der Waals surface area (Å²) in [7, 11) is 0. The van der Waals surface area contributed by atoms with Crippen molar-refractivity contribution >= 4 is 15.9 Å². The highest BCUT2D eigenvalue weighted by Gasteiger charge is 1.88. The molecule has 0 heterocycles. The predicted octanol–water partition coefficient (Wildman–Crippen LogP) is 2.81. The van der Waals surface area contributed by atoms with Crippen LogP contribution in [0.1, 0.15) is 11.1 Å². The summed E-state index contributed by atoms with van der Waals surface area (Å²) in [4.78, 5) is 0. The largest absolute Gasteiger partial charge is 0.0924 e. The first-order valence-electron chi connectivity index (χ1n) is 3.30. The monoisotopic (exact) mass is 197 g/mol. The van der Waals surface area contributed by atoms with Crippen LogP contribution in [-0.2, 0) is 6.42 Å². The van der Waals surface area contributed by atoms with Gasteiger partial charge in [0.25, 0.3) is 0 Å². The third-order valence-electron chi connectivity index (χ3n) is 1.41. The molecule has 10 heavy (non-hydrogen) atoms. The molecule has 1 heteroatoms. The average Bonchev–Trinajstić information content (AvgIpc) is 1.95. The van der Waals surface area contributed by atoms with Gasteiger partial charge < -0.3 is 0 Å². The Hall–Kier alpha value is -0.300. The first kappa shape index (κ1) is 7.80. The molecule has 0 bridgehead atoms. The summed E-state index contributed by atoms with van der Waals surface area (Å²) in [6, 6.07) is 8.31. The summed E-state index contributed by atoms with van der Waals surface area (Å²) in [5, 5.41) is 1.03. The second-order valence-electron chi connectivity index (χ2n) is 2.26. The van der Waals surface area contributed by atoms with Crippen molar-refractivity contribution in [1.82, 2.24) is 0 Å². The molecule has 0 atom stereocenters. The summed E-state index contributed by atoms with van der Waals surface area (Å²) in [5.74, 6) is 0. The number of halogens is 1. The van der Waals surface area contributed by atoms with E-state index in [4.69, 9.17) is 0 Å². The smallest absolute Gasteiger partial charge is 0.00718 e. The Morgan fingerprint density at radius 3 is 2.30 bits per heavy atom. The Morgan fingerprint density at radius 2 is 1.80 bits per heavy atom. The molecule has 0 fully saturated rings. The van der Waals surface area contributed by atoms with E-state index >= 15 is 0 Å². The summed E-state index contributed by atoms with van der Waals surface area (Å²) < 4.78 is 0. The number of hydrogen-bond acceptors (Lipinski definition) is 0. The Bertz CT molecular complexity index is 188. The normalized spacial score (nSPS) is 9.80. The van der Waals surface area contributed by atoms with E-state index in [0.29, 0.717) is 0 Å². The lowest BCUT2D eigenvalue weighted by atomic mass is 10.1. The van der Waals surface area contributed by atoms with E-state index in [0.717, 1.165) is 17.3 Å². The summed E-state index contributed by atoms with van der Waals surface area (Å²) in [6.07, 6.45) is 1.10. The van der Waals surface area contributed by atoms with E-state index in [1.807, 2.05) is 12.1 Å². The SMILES string of the molecule is [CH2]c1ccc(CCBr)cc1. The van der Waals surface area contributed by atoms with Crippen LogP contribution in [0.3, 0.4) is 0 Å². The van der Waals surface area contributed by atoms with Crippen molar-refractivity contribution in [3.05, 3.63) is 42.3 Å². The minimum Gasteiger partial charge on any atom is -0.0924 e. The van der Waals surface area contributed by atoms with Crippen molar-refractivity contribution < 1.29 is 0 Å². The van der Waals surface area contributed by atoms with E-state index in [-0.39, 0.29) is 0 Å². The van der Waals surface area contributed by atoms with Crippen molar-refractivity contribution in [2.24, 2.45) is 0 Å². The number of rotatable bonds is 2. The van der Waals surface area contributed by atoms with Crippen LogP contribution >= 0.6 is 15.9 Å². The minimum atomic E-state index is 1.03. The van der Waals surface area contributed by atoms with Gasteiger partial charge in [0.2, 0.25) is 0 Å². The van der Waals surface area contributed by atoms with E-state index in [1.165, 1.54) is 5.56 Å². The van der Waals surface area contributed by atoms with Gasteiger partial charge in [-0.15, -0.1) is 0 Å². The first-order valence-corrected chi connectivity index (χ1v) is 4.42. The molecule has 1 aromatic carbocycles. The maximum atomic E-state index is 3.81. The zero-order valence-electron chi connectivity index (χ0n) is 5.81. The second kappa shape index (κ2) is 3.77. The van der Waals surface area contributed by atoms with Crippen molar-refractivity contribution in [2.75, 3.05) is 5.33 Å². The maximum Gasteiger partial charge on any atom is 0.00718 e. The van der Waals surface area contributed by atoms with Crippen LogP contribution in [0, 0.1) is 6.92 Å². The van der Waals surface area contributed by atoms with Crippen molar-refractivity contribution in [2.45, 2.75) is 6.42 Å². The summed E-state index contributed by atoms with van der Waals surface area (Å²) in [6.45, 7) is 3.81. The Labute approximate surface area is 70.4 Å². The van der Waals surface area contributed by atoms with E-state index in [1.54, 1.807) is 0 Å². The molecule has 1 radical (unpaired) electrons. The fraction of sp³-hybridized carbons (Fsp3) is 0.222. The molecule has 0 saturated carbocycles. The van der Waals surface area contributed by atoms with Gasteiger partial charge in [-0.25, -0.2) is 0 Å². The zero-order chi connectivity index (χ0) is 7.40. The van der Waals surface area contributed by atoms with Gasteiger partial charge in [-0.05, 0) is 24.5 Å². The Balaban J connectivity index is 2.69. The second-order valence-corrected chi connectivity index (χ2v) is 3.05. The predicted molar refractivity (Wildman–Crippen MR) is 48.4 cm³/mol. The van der Waals surface area contributed by atoms with Crippen LogP contribution in [-0.4, -0.2) is 5.33 Å². The average molecular weight is 198 g/mol. The minimum absolute atomic E-state index is 1.03. The number of alkyl halides is 1. The van der Waals surface area contributed by atoms with Gasteiger partial charge in [0, 0.05) is 5.33 Å². The molecule has 0 aliphatic carbocycles. The third-order valence-corrected chi connectivity index (χ3v) is 1.80. The van der Waals surface area contributed by atoms with Gasteiger partial charge in [0.1, 0.15) is 0 Å². The topological polar surface area (TPSA) is 0 Å². The molecule has 0 aliphatic heterocycles. The van der Waals surface area contributed by atoms with Gasteiger partial charge >= 0.3 is 0 Å². The van der Waals surface area contributed by atoms with Crippen LogP contribution < -0.4 is 0 Å². The molecular formula is C9H10Br. The Kier molecular flexibility index (Phi) is 2.94. The molecule has 53 valence electrons. The van der Waals surface area contributed by atoms with Gasteiger partial charge in [-0.2, -0.15) is 0 Å². The molecule has 0 spiro atoms. The number of aryl methyl sites for hydroxylation is 1. The van der Waals surface area contributed by atoms with E-state index < -0.39 is 0 Å². The highest BCUT2D eigenvalue weighted by molar-refractivity contribution is 9.09. The number of hydrogen-bond donors (Lipinski definition) is 0. The van der Waals surface area contributed by atoms with Crippen LogP contribution in [0.2, 0.25) is 0 Å². The van der Waals surface area contributed by atoms with Crippen LogP contribution in [0.5, 0.6) is 0 Å². The molecule has 0 aliphatic rings. The molecule has 0 N–H and O–H groups in total. The quantitative estimate of drug-likeness (QED) is 0.641. The lowest BCUT2D eigenvalue weighted by Crippen LogP contribution is -1.84. The van der Waals surface area contributed by atoms with E-state index in [2.05, 4.69) is 35.0 Å². The molecule has 0 aromatic heterocycles. The molecule has 1 rings (SSSR count). The van der Waals surface area contributed by atoms with Crippen molar-refractivity contribution in [1.29, 1.82) is 0 Å². The van der Waals surface area contributed by atoms with Crippen molar-refractivity contribution in [3.8, 4) is 0 Å². The summed E-state index contributed by atoms with van der Waals surface area (Å²) in [5.41, 5.74) is 2.45. The molecule has 0 nitrogen and oxygen atoms in total. The van der Waals surface area contributed by atoms with Crippen LogP contribution in [0.15, 0.2) is 24.3 Å². The maximum absolute atomic E-state index is 3.81. The zero-order valence-corrected chi connectivity index (χ0v) is 7.39. The van der Waals surface area contributed by atoms with Gasteiger partial charge in [-0.1, -0.05) is 40.2 Å². The highest BCUT2D eigenvalue weighted by Crippen LogP contribution is 2.04. The lowest BCUT2D eigenvalue weighted by molar-refractivity contribution is 1.17. The van der Waals surface area contributed by atoms with Gasteiger partial charge in [0.15, 0.2) is 0 Å². The van der Waals surface area contributed by atoms with Crippen molar-refractivity contribution in [3.63, 3.8) is 0 Å². The summed E-state index contributed by atoms with van der Waals surface area (Å²) >= 11 is 3.39. The third kappa shape index (κ3) is 2.14. The fourth-order valence-corrected chi connectivity index (χ4v) is 1.27. The lowest BCUT2D eigenvalue weighted by Gasteiger charge is -1.96. The fourth-order valence-electron chi connectivity index (χ4n) is 0.815.